The summed E-state index contributed by atoms with van der Waals surface area (Å²) in [6.45, 7) is 4.57. The summed E-state index contributed by atoms with van der Waals surface area (Å²) in [5.74, 6) is 0.760. The number of halogens is 1. The summed E-state index contributed by atoms with van der Waals surface area (Å²) in [4.78, 5) is 11.9. The number of primary amides is 1. The maximum atomic E-state index is 14.0. The number of hydrogen-bond donors (Lipinski definition) is 4. The minimum Gasteiger partial charge on any atom is -0.475 e. The first-order valence-electron chi connectivity index (χ1n) is 10.2. The predicted molar refractivity (Wildman–Crippen MR) is 114 cm³/mol. The number of ether oxygens (including phenoxy) is 1. The molecule has 0 saturated heterocycles. The van der Waals surface area contributed by atoms with Crippen molar-refractivity contribution in [2.45, 2.75) is 56.5 Å². The minimum absolute atomic E-state index is 0.0382. The van der Waals surface area contributed by atoms with Crippen LogP contribution in [-0.4, -0.2) is 35.0 Å². The molecule has 1 aliphatic heterocycles. The number of rotatable bonds is 4. The molecule has 6 N–H and O–H groups in total. The van der Waals surface area contributed by atoms with Gasteiger partial charge in [0.15, 0.2) is 0 Å². The lowest BCUT2D eigenvalue weighted by Crippen LogP contribution is -2.41. The molecule has 1 unspecified atom stereocenters. The average molecular weight is 435 g/mol. The maximum absolute atomic E-state index is 14.0. The van der Waals surface area contributed by atoms with E-state index in [0.29, 0.717) is 12.6 Å². The molecule has 5 rings (SSSR count). The van der Waals surface area contributed by atoms with Crippen molar-refractivity contribution in [3.05, 3.63) is 34.3 Å². The molecule has 0 fully saturated rings. The molecule has 2 amide bonds. The van der Waals surface area contributed by atoms with Crippen molar-refractivity contribution in [2.75, 3.05) is 18.5 Å². The van der Waals surface area contributed by atoms with E-state index in [2.05, 4.69) is 22.7 Å². The Labute approximate surface area is 179 Å². The van der Waals surface area contributed by atoms with Crippen molar-refractivity contribution in [2.24, 2.45) is 10.9 Å². The Kier molecular flexibility index (Phi) is 6.16. The highest BCUT2D eigenvalue weighted by atomic mass is 32.2. The Morgan fingerprint density at radius 3 is 2.67 bits per heavy atom. The summed E-state index contributed by atoms with van der Waals surface area (Å²) in [6.07, 6.45) is 5.95. The number of amides is 2. The molecule has 2 heterocycles. The van der Waals surface area contributed by atoms with Crippen molar-refractivity contribution in [3.63, 3.8) is 0 Å². The van der Waals surface area contributed by atoms with Crippen LogP contribution in [-0.2, 0) is 32.2 Å². The van der Waals surface area contributed by atoms with Gasteiger partial charge in [-0.05, 0) is 72.9 Å². The zero-order valence-corrected chi connectivity index (χ0v) is 17.8. The number of nitrogens with one attached hydrogen (secondary N) is 2. The van der Waals surface area contributed by atoms with Gasteiger partial charge in [0.1, 0.15) is 17.3 Å². The van der Waals surface area contributed by atoms with E-state index in [-0.39, 0.29) is 5.82 Å². The Morgan fingerprint density at radius 1 is 1.30 bits per heavy atom. The summed E-state index contributed by atoms with van der Waals surface area (Å²) in [6, 6.07) is -0.210. The van der Waals surface area contributed by atoms with E-state index in [1.807, 2.05) is 4.68 Å². The van der Waals surface area contributed by atoms with Gasteiger partial charge in [0.25, 0.3) is 0 Å². The van der Waals surface area contributed by atoms with Crippen LogP contribution in [0.5, 0.6) is 5.88 Å². The Balaban J connectivity index is 0.000000147. The number of anilines is 1. The second kappa shape index (κ2) is 8.83. The summed E-state index contributed by atoms with van der Waals surface area (Å²) in [5, 5.41) is 15.7. The van der Waals surface area contributed by atoms with E-state index < -0.39 is 6.03 Å². The van der Waals surface area contributed by atoms with Gasteiger partial charge in [0, 0.05) is 5.69 Å². The zero-order valence-electron chi connectivity index (χ0n) is 17.0. The highest BCUT2D eigenvalue weighted by molar-refractivity contribution is 7.97. The van der Waals surface area contributed by atoms with E-state index in [4.69, 9.17) is 15.6 Å². The number of likely N-dealkylation sites (N-methyl/N-ethyl adjacent to an activating group) is 1. The molecule has 0 radical (unpaired) electrons. The van der Waals surface area contributed by atoms with E-state index in [9.17, 15) is 9.18 Å². The molecule has 8 nitrogen and oxygen atoms in total. The first kappa shape index (κ1) is 21.0. The number of nitrogens with two attached hydrogens (primary N) is 2. The monoisotopic (exact) mass is 434 g/mol. The third-order valence-electron chi connectivity index (χ3n) is 5.78. The number of carbonyl (C=O) groups excluding carboxylic acids is 1. The molecule has 10 heteroatoms. The van der Waals surface area contributed by atoms with Crippen LogP contribution in [0.4, 0.5) is 14.9 Å². The number of hydrogen-bond acceptors (Lipinski definition) is 6. The Morgan fingerprint density at radius 2 is 2.00 bits per heavy atom. The first-order valence-corrected chi connectivity index (χ1v) is 11.1. The molecule has 1 atom stereocenters. The SMILES string of the molecule is CCNC1COc2c(SN)cnn2C1.NC(=O)Nc1c2c(c(F)c3c1CC3)CCC2. The van der Waals surface area contributed by atoms with E-state index in [0.717, 1.165) is 83.9 Å². The standard InChI is InChI=1S/C12H13FN2O.C8H14N4OS/c13-10-6-2-1-3-8(6)11(15-12(14)16)9-5-4-7(9)10;1-2-10-6-4-12-8(13-5-6)7(14-9)3-11-12/h1-5H2,(H3,14,15,16);3,6,10H,2,4-5,9H2,1H3. The quantitative estimate of drug-likeness (QED) is 0.547. The van der Waals surface area contributed by atoms with Gasteiger partial charge in [-0.15, -0.1) is 0 Å². The largest absolute Gasteiger partial charge is 0.475 e. The fourth-order valence-electron chi connectivity index (χ4n) is 4.36. The molecular weight excluding hydrogens is 407 g/mol. The molecule has 2 aromatic rings. The number of urea groups is 1. The molecule has 0 saturated carbocycles. The zero-order chi connectivity index (χ0) is 21.3. The van der Waals surface area contributed by atoms with Gasteiger partial charge in [0.2, 0.25) is 5.88 Å². The lowest BCUT2D eigenvalue weighted by Gasteiger charge is -2.26. The van der Waals surface area contributed by atoms with Crippen LogP contribution >= 0.6 is 11.9 Å². The van der Waals surface area contributed by atoms with Crippen LogP contribution in [0, 0.1) is 5.82 Å². The molecule has 162 valence electrons. The molecule has 2 aliphatic carbocycles. The van der Waals surface area contributed by atoms with Crippen LogP contribution in [0.3, 0.4) is 0 Å². The minimum atomic E-state index is -0.560. The maximum Gasteiger partial charge on any atom is 0.316 e. The fraction of sp³-hybridized carbons (Fsp3) is 0.500. The van der Waals surface area contributed by atoms with Crippen molar-refractivity contribution in [3.8, 4) is 5.88 Å². The highest BCUT2D eigenvalue weighted by Gasteiger charge is 2.31. The topological polar surface area (TPSA) is 120 Å². The van der Waals surface area contributed by atoms with Crippen molar-refractivity contribution in [1.82, 2.24) is 15.1 Å². The lowest BCUT2D eigenvalue weighted by molar-refractivity contribution is 0.181. The molecule has 1 aromatic heterocycles. The smallest absolute Gasteiger partial charge is 0.316 e. The summed E-state index contributed by atoms with van der Waals surface area (Å²) >= 11 is 1.18. The van der Waals surface area contributed by atoms with Crippen LogP contribution < -0.4 is 26.2 Å². The van der Waals surface area contributed by atoms with E-state index in [1.54, 1.807) is 6.20 Å². The third kappa shape index (κ3) is 3.86. The van der Waals surface area contributed by atoms with E-state index in [1.165, 1.54) is 11.9 Å². The second-order valence-corrected chi connectivity index (χ2v) is 8.30. The summed E-state index contributed by atoms with van der Waals surface area (Å²) < 4.78 is 21.4. The van der Waals surface area contributed by atoms with Gasteiger partial charge in [-0.25, -0.2) is 13.9 Å². The molecule has 1 aromatic carbocycles. The lowest BCUT2D eigenvalue weighted by atomic mass is 9.83. The van der Waals surface area contributed by atoms with Gasteiger partial charge < -0.3 is 21.1 Å². The summed E-state index contributed by atoms with van der Waals surface area (Å²) in [7, 11) is 0. The predicted octanol–water partition coefficient (Wildman–Crippen LogP) is 2.12. The van der Waals surface area contributed by atoms with Crippen LogP contribution in [0.1, 0.15) is 35.6 Å². The van der Waals surface area contributed by atoms with Crippen LogP contribution in [0.2, 0.25) is 0 Å². The average Bonchev–Trinajstić information content (AvgIpc) is 3.33. The third-order valence-corrected chi connectivity index (χ3v) is 6.32. The Hall–Kier alpha value is -2.30. The number of benzene rings is 1. The van der Waals surface area contributed by atoms with Gasteiger partial charge in [-0.1, -0.05) is 6.92 Å². The van der Waals surface area contributed by atoms with E-state index >= 15 is 0 Å². The molecule has 0 bridgehead atoms. The van der Waals surface area contributed by atoms with Crippen LogP contribution in [0.25, 0.3) is 0 Å². The van der Waals surface area contributed by atoms with Crippen molar-refractivity contribution >= 4 is 23.7 Å². The van der Waals surface area contributed by atoms with Crippen molar-refractivity contribution < 1.29 is 13.9 Å². The van der Waals surface area contributed by atoms with Gasteiger partial charge >= 0.3 is 6.03 Å². The Bertz CT molecular complexity index is 964. The van der Waals surface area contributed by atoms with Gasteiger partial charge in [0.05, 0.1) is 18.8 Å². The normalized spacial score (nSPS) is 18.2. The fourth-order valence-corrected chi connectivity index (χ4v) is 4.73. The van der Waals surface area contributed by atoms with Gasteiger partial charge in [-0.3, -0.25) is 5.14 Å². The first-order chi connectivity index (χ1) is 14.5. The van der Waals surface area contributed by atoms with Crippen LogP contribution in [0.15, 0.2) is 11.1 Å². The number of carbonyl (C=O) groups is 1. The number of fused-ring (bicyclic) bond motifs is 3. The molecule has 0 spiro atoms. The van der Waals surface area contributed by atoms with Crippen molar-refractivity contribution in [1.29, 1.82) is 0 Å². The number of nitrogens with zero attached hydrogens (tertiary/aromatic N) is 2. The molecule has 30 heavy (non-hydrogen) atoms. The van der Waals surface area contributed by atoms with Gasteiger partial charge in [-0.2, -0.15) is 5.10 Å². The second-order valence-electron chi connectivity index (χ2n) is 7.63. The molecular formula is C20H27FN6O2S. The summed E-state index contributed by atoms with van der Waals surface area (Å²) in [5.41, 5.74) is 9.45. The number of aromatic nitrogens is 2. The molecule has 3 aliphatic rings. The highest BCUT2D eigenvalue weighted by Crippen LogP contribution is 2.41.